The van der Waals surface area contributed by atoms with Crippen LogP contribution < -0.4 is 4.90 Å². The summed E-state index contributed by atoms with van der Waals surface area (Å²) in [6.07, 6.45) is 6.32. The van der Waals surface area contributed by atoms with Gasteiger partial charge in [-0.15, -0.1) is 0 Å². The van der Waals surface area contributed by atoms with Gasteiger partial charge in [0.2, 0.25) is 5.91 Å². The van der Waals surface area contributed by atoms with Crippen LogP contribution in [-0.2, 0) is 4.79 Å². The van der Waals surface area contributed by atoms with Gasteiger partial charge in [-0.3, -0.25) is 4.79 Å². The number of carbonyl (C=O) groups is 1. The zero-order valence-electron chi connectivity index (χ0n) is 12.1. The smallest absolute Gasteiger partial charge is 0.222 e. The second kappa shape index (κ2) is 4.72. The van der Waals surface area contributed by atoms with E-state index in [1.165, 1.54) is 0 Å². The molecule has 6 heteroatoms. The van der Waals surface area contributed by atoms with Crippen LogP contribution in [0.2, 0.25) is 0 Å². The molecule has 0 radical (unpaired) electrons. The summed E-state index contributed by atoms with van der Waals surface area (Å²) in [5.41, 5.74) is 0.874. The van der Waals surface area contributed by atoms with Crippen LogP contribution in [0.5, 0.6) is 0 Å². The van der Waals surface area contributed by atoms with E-state index < -0.39 is 0 Å². The van der Waals surface area contributed by atoms with E-state index in [1.54, 1.807) is 6.33 Å². The molecule has 1 unspecified atom stereocenters. The van der Waals surface area contributed by atoms with Gasteiger partial charge in [0.05, 0.1) is 5.39 Å². The number of nitrogens with zero attached hydrogens (tertiary/aromatic N) is 4. The van der Waals surface area contributed by atoms with E-state index in [9.17, 15) is 4.79 Å². The maximum Gasteiger partial charge on any atom is 0.222 e. The minimum Gasteiger partial charge on any atom is -0.352 e. The number of hydrogen-bond acceptors (Lipinski definition) is 4. The largest absolute Gasteiger partial charge is 0.352 e. The number of aromatic amines is 1. The number of rotatable bonds is 2. The summed E-state index contributed by atoms with van der Waals surface area (Å²) in [5.74, 6) is 1.28. The summed E-state index contributed by atoms with van der Waals surface area (Å²) in [7, 11) is 0. The van der Waals surface area contributed by atoms with Crippen molar-refractivity contribution in [2.24, 2.45) is 0 Å². The molecule has 21 heavy (non-hydrogen) atoms. The fourth-order valence-electron chi connectivity index (χ4n) is 3.78. The van der Waals surface area contributed by atoms with Crippen LogP contribution in [0.15, 0.2) is 18.6 Å². The average molecular weight is 285 g/mol. The maximum atomic E-state index is 12.1. The summed E-state index contributed by atoms with van der Waals surface area (Å²) in [4.78, 5) is 28.4. The summed E-state index contributed by atoms with van der Waals surface area (Å²) in [6.45, 7) is 3.70. The second-order valence-electron chi connectivity index (χ2n) is 5.88. The van der Waals surface area contributed by atoms with E-state index in [0.717, 1.165) is 42.8 Å². The van der Waals surface area contributed by atoms with Gasteiger partial charge >= 0.3 is 0 Å². The first-order valence-corrected chi connectivity index (χ1v) is 7.62. The van der Waals surface area contributed by atoms with Crippen molar-refractivity contribution in [1.29, 1.82) is 0 Å². The fourth-order valence-corrected chi connectivity index (χ4v) is 3.78. The molecule has 4 heterocycles. The van der Waals surface area contributed by atoms with Crippen LogP contribution in [-0.4, -0.2) is 50.9 Å². The number of H-pyrrole nitrogens is 1. The Hall–Kier alpha value is -2.11. The van der Waals surface area contributed by atoms with E-state index in [-0.39, 0.29) is 5.91 Å². The molecule has 0 aliphatic carbocycles. The van der Waals surface area contributed by atoms with Gasteiger partial charge in [0.15, 0.2) is 0 Å². The van der Waals surface area contributed by atoms with Gasteiger partial charge in [0, 0.05) is 37.8 Å². The van der Waals surface area contributed by atoms with E-state index in [1.807, 2.05) is 19.2 Å². The molecule has 2 aliphatic heterocycles. The van der Waals surface area contributed by atoms with Gasteiger partial charge in [-0.1, -0.05) is 6.92 Å². The van der Waals surface area contributed by atoms with Gasteiger partial charge in [0.25, 0.3) is 0 Å². The lowest BCUT2D eigenvalue weighted by Gasteiger charge is -2.41. The minimum absolute atomic E-state index is 0.289. The lowest BCUT2D eigenvalue weighted by atomic mass is 10.1. The molecular formula is C15H19N5O. The quantitative estimate of drug-likeness (QED) is 0.909. The van der Waals surface area contributed by atoms with Gasteiger partial charge in [0.1, 0.15) is 17.8 Å². The molecule has 2 atom stereocenters. The Labute approximate surface area is 123 Å². The molecule has 0 saturated carbocycles. The molecule has 2 aliphatic rings. The SMILES string of the molecule is CCC(=O)N1C2CC[C@H]1CN(c1ncnc3[nH]ccc13)C2. The van der Waals surface area contributed by atoms with Crippen LogP contribution in [0.25, 0.3) is 11.0 Å². The van der Waals surface area contributed by atoms with Crippen LogP contribution in [0, 0.1) is 0 Å². The third-order valence-electron chi connectivity index (χ3n) is 4.71. The van der Waals surface area contributed by atoms with E-state index in [0.29, 0.717) is 18.5 Å². The van der Waals surface area contributed by atoms with Gasteiger partial charge < -0.3 is 14.8 Å². The predicted octanol–water partition coefficient (Wildman–Crippen LogP) is 1.55. The summed E-state index contributed by atoms with van der Waals surface area (Å²) < 4.78 is 0. The summed E-state index contributed by atoms with van der Waals surface area (Å²) in [5, 5.41) is 1.06. The van der Waals surface area contributed by atoms with E-state index in [2.05, 4.69) is 24.8 Å². The Morgan fingerprint density at radius 2 is 2.10 bits per heavy atom. The number of anilines is 1. The number of aromatic nitrogens is 3. The third-order valence-corrected chi connectivity index (χ3v) is 4.71. The third kappa shape index (κ3) is 1.89. The maximum absolute atomic E-state index is 12.1. The molecule has 0 aromatic carbocycles. The monoisotopic (exact) mass is 285 g/mol. The molecular weight excluding hydrogens is 266 g/mol. The van der Waals surface area contributed by atoms with Crippen LogP contribution in [0.3, 0.4) is 0 Å². The van der Waals surface area contributed by atoms with E-state index in [4.69, 9.17) is 0 Å². The second-order valence-corrected chi connectivity index (χ2v) is 5.88. The van der Waals surface area contributed by atoms with Crippen molar-refractivity contribution in [3.63, 3.8) is 0 Å². The molecule has 110 valence electrons. The first-order valence-electron chi connectivity index (χ1n) is 7.62. The molecule has 0 spiro atoms. The highest BCUT2D eigenvalue weighted by molar-refractivity contribution is 5.87. The van der Waals surface area contributed by atoms with Gasteiger partial charge in [-0.25, -0.2) is 9.97 Å². The minimum atomic E-state index is 0.289. The molecule has 2 aromatic heterocycles. The molecule has 2 saturated heterocycles. The number of carbonyl (C=O) groups excluding carboxylic acids is 1. The first-order chi connectivity index (χ1) is 10.3. The van der Waals surface area contributed by atoms with Crippen LogP contribution in [0.4, 0.5) is 5.82 Å². The standard InChI is InChI=1S/C15H19N5O/c1-2-13(21)20-10-3-4-11(20)8-19(7-10)15-12-5-6-16-14(12)17-9-18-15/h5-6,9-11H,2-4,7-8H2,1H3,(H,16,17,18)/t10-,11?/m0/s1. The Balaban J connectivity index is 1.65. The van der Waals surface area contributed by atoms with Crippen molar-refractivity contribution in [1.82, 2.24) is 19.9 Å². The predicted molar refractivity (Wildman–Crippen MR) is 80.0 cm³/mol. The average Bonchev–Trinajstić information content (AvgIpc) is 3.08. The highest BCUT2D eigenvalue weighted by atomic mass is 16.2. The number of hydrogen-bond donors (Lipinski definition) is 1. The molecule has 1 N–H and O–H groups in total. The van der Waals surface area contributed by atoms with Crippen molar-refractivity contribution in [3.05, 3.63) is 18.6 Å². The Morgan fingerprint density at radius 3 is 2.81 bits per heavy atom. The topological polar surface area (TPSA) is 65.1 Å². The lowest BCUT2D eigenvalue weighted by molar-refractivity contribution is -0.134. The first kappa shape index (κ1) is 12.6. The molecule has 2 bridgehead atoms. The highest BCUT2D eigenvalue weighted by Crippen LogP contribution is 2.34. The summed E-state index contributed by atoms with van der Waals surface area (Å²) >= 11 is 0. The van der Waals surface area contributed by atoms with E-state index >= 15 is 0 Å². The molecule has 6 nitrogen and oxygen atoms in total. The molecule has 2 fully saturated rings. The van der Waals surface area contributed by atoms with Crippen molar-refractivity contribution in [2.45, 2.75) is 38.3 Å². The normalized spacial score (nSPS) is 24.8. The number of piperazine rings is 1. The fraction of sp³-hybridized carbons (Fsp3) is 0.533. The molecule has 1 amide bonds. The zero-order chi connectivity index (χ0) is 14.4. The van der Waals surface area contributed by atoms with Crippen molar-refractivity contribution < 1.29 is 4.79 Å². The number of amides is 1. The van der Waals surface area contributed by atoms with Crippen molar-refractivity contribution in [2.75, 3.05) is 18.0 Å². The Kier molecular flexibility index (Phi) is 2.83. The molecule has 4 rings (SSSR count). The van der Waals surface area contributed by atoms with Crippen LogP contribution >= 0.6 is 0 Å². The van der Waals surface area contributed by atoms with Crippen molar-refractivity contribution >= 4 is 22.8 Å². The van der Waals surface area contributed by atoms with Crippen molar-refractivity contribution in [3.8, 4) is 0 Å². The molecule has 2 aromatic rings. The van der Waals surface area contributed by atoms with Gasteiger partial charge in [-0.05, 0) is 18.9 Å². The van der Waals surface area contributed by atoms with Crippen LogP contribution in [0.1, 0.15) is 26.2 Å². The number of nitrogens with one attached hydrogen (secondary N) is 1. The summed E-state index contributed by atoms with van der Waals surface area (Å²) in [6, 6.07) is 2.69. The highest BCUT2D eigenvalue weighted by Gasteiger charge is 2.42. The van der Waals surface area contributed by atoms with Gasteiger partial charge in [-0.2, -0.15) is 0 Å². The lowest BCUT2D eigenvalue weighted by Crippen LogP contribution is -2.56. The Bertz CT molecular complexity index is 668. The Morgan fingerprint density at radius 1 is 1.33 bits per heavy atom. The number of fused-ring (bicyclic) bond motifs is 3. The zero-order valence-corrected chi connectivity index (χ0v) is 12.1.